The van der Waals surface area contributed by atoms with E-state index in [9.17, 15) is 14.9 Å². The summed E-state index contributed by atoms with van der Waals surface area (Å²) in [6, 6.07) is 4.24. The number of esters is 1. The first-order valence-electron chi connectivity index (χ1n) is 6.69. The summed E-state index contributed by atoms with van der Waals surface area (Å²) in [5.74, 6) is -0.0345. The first-order chi connectivity index (χ1) is 9.58. The standard InChI is InChI=1S/C14H16INO4/c15-13-7-6-11(16(18)19)8-12(13)14(17)20-9-10-4-2-1-3-5-10/h6-8,10H,1-5,9H2. The van der Waals surface area contributed by atoms with Crippen LogP contribution in [0.15, 0.2) is 18.2 Å². The number of carbonyl (C=O) groups is 1. The van der Waals surface area contributed by atoms with Crippen molar-refractivity contribution in [2.45, 2.75) is 32.1 Å². The number of hydrogen-bond donors (Lipinski definition) is 0. The van der Waals surface area contributed by atoms with Crippen molar-refractivity contribution >= 4 is 34.2 Å². The summed E-state index contributed by atoms with van der Waals surface area (Å²) >= 11 is 1.99. The van der Waals surface area contributed by atoms with E-state index in [1.165, 1.54) is 31.4 Å². The predicted octanol–water partition coefficient (Wildman–Crippen LogP) is 3.94. The van der Waals surface area contributed by atoms with Crippen LogP contribution in [0.4, 0.5) is 5.69 Å². The van der Waals surface area contributed by atoms with Crippen molar-refractivity contribution in [1.29, 1.82) is 0 Å². The van der Waals surface area contributed by atoms with Crippen LogP contribution in [0.5, 0.6) is 0 Å². The van der Waals surface area contributed by atoms with Crippen molar-refractivity contribution in [1.82, 2.24) is 0 Å². The number of benzene rings is 1. The minimum absolute atomic E-state index is 0.0879. The van der Waals surface area contributed by atoms with Gasteiger partial charge in [0, 0.05) is 15.7 Å². The largest absolute Gasteiger partial charge is 0.462 e. The van der Waals surface area contributed by atoms with Gasteiger partial charge in [-0.15, -0.1) is 0 Å². The van der Waals surface area contributed by atoms with Crippen LogP contribution in [0.3, 0.4) is 0 Å². The maximum Gasteiger partial charge on any atom is 0.339 e. The number of carbonyl (C=O) groups excluding carboxylic acids is 1. The molecular weight excluding hydrogens is 373 g/mol. The summed E-state index contributed by atoms with van der Waals surface area (Å²) in [5.41, 5.74) is 0.186. The molecule has 0 unspecified atom stereocenters. The number of non-ortho nitro benzene ring substituents is 1. The van der Waals surface area contributed by atoms with Crippen LogP contribution in [0.25, 0.3) is 0 Å². The molecule has 0 spiro atoms. The van der Waals surface area contributed by atoms with E-state index in [1.807, 2.05) is 22.6 Å². The number of nitro groups is 1. The van der Waals surface area contributed by atoms with E-state index >= 15 is 0 Å². The number of ether oxygens (including phenoxy) is 1. The maximum atomic E-state index is 12.0. The van der Waals surface area contributed by atoms with Crippen molar-refractivity contribution in [3.63, 3.8) is 0 Å². The van der Waals surface area contributed by atoms with Crippen molar-refractivity contribution < 1.29 is 14.5 Å². The van der Waals surface area contributed by atoms with Gasteiger partial charge in [-0.25, -0.2) is 4.79 Å². The molecule has 0 saturated heterocycles. The molecule has 0 aromatic heterocycles. The first-order valence-corrected chi connectivity index (χ1v) is 7.77. The SMILES string of the molecule is O=C(OCC1CCCCC1)c1cc([N+](=O)[O-])ccc1I. The molecule has 108 valence electrons. The Hall–Kier alpha value is -1.18. The van der Waals surface area contributed by atoms with Crippen LogP contribution in [0.1, 0.15) is 42.5 Å². The Morgan fingerprint density at radius 2 is 2.05 bits per heavy atom. The van der Waals surface area contributed by atoms with Gasteiger partial charge in [0.2, 0.25) is 0 Å². The Kier molecular flexibility index (Phi) is 5.33. The first kappa shape index (κ1) is 15.2. The highest BCUT2D eigenvalue weighted by atomic mass is 127. The molecule has 0 atom stereocenters. The number of hydrogen-bond acceptors (Lipinski definition) is 4. The van der Waals surface area contributed by atoms with E-state index in [-0.39, 0.29) is 11.3 Å². The van der Waals surface area contributed by atoms with Crippen molar-refractivity contribution in [3.05, 3.63) is 37.4 Å². The van der Waals surface area contributed by atoms with Crippen LogP contribution < -0.4 is 0 Å². The molecule has 1 aliphatic carbocycles. The molecule has 20 heavy (non-hydrogen) atoms. The molecule has 0 N–H and O–H groups in total. The lowest BCUT2D eigenvalue weighted by Gasteiger charge is -2.21. The average Bonchev–Trinajstić information content (AvgIpc) is 2.46. The second-order valence-electron chi connectivity index (χ2n) is 5.02. The molecule has 0 amide bonds. The van der Waals surface area contributed by atoms with Gasteiger partial charge in [-0.1, -0.05) is 19.3 Å². The van der Waals surface area contributed by atoms with Crippen molar-refractivity contribution in [2.24, 2.45) is 5.92 Å². The average molecular weight is 389 g/mol. The van der Waals surface area contributed by atoms with Gasteiger partial charge in [0.1, 0.15) is 0 Å². The van der Waals surface area contributed by atoms with E-state index < -0.39 is 10.9 Å². The van der Waals surface area contributed by atoms with Crippen LogP contribution in [-0.2, 0) is 4.74 Å². The molecule has 0 heterocycles. The van der Waals surface area contributed by atoms with Crippen LogP contribution >= 0.6 is 22.6 Å². The van der Waals surface area contributed by atoms with E-state index in [2.05, 4.69) is 0 Å². The predicted molar refractivity (Wildman–Crippen MR) is 82.7 cm³/mol. The van der Waals surface area contributed by atoms with Crippen LogP contribution in [-0.4, -0.2) is 17.5 Å². The third-order valence-corrected chi connectivity index (χ3v) is 4.50. The molecule has 0 radical (unpaired) electrons. The molecule has 1 fully saturated rings. The number of nitro benzene ring substituents is 1. The molecule has 1 aromatic carbocycles. The summed E-state index contributed by atoms with van der Waals surface area (Å²) in [6.45, 7) is 0.414. The van der Waals surface area contributed by atoms with E-state index in [4.69, 9.17) is 4.74 Å². The number of halogens is 1. The Labute approximate surface area is 131 Å². The minimum Gasteiger partial charge on any atom is -0.462 e. The molecule has 1 aromatic rings. The molecule has 0 bridgehead atoms. The molecule has 5 nitrogen and oxygen atoms in total. The fraction of sp³-hybridized carbons (Fsp3) is 0.500. The lowest BCUT2D eigenvalue weighted by molar-refractivity contribution is -0.384. The zero-order chi connectivity index (χ0) is 14.5. The zero-order valence-corrected chi connectivity index (χ0v) is 13.2. The summed E-state index contributed by atoms with van der Waals surface area (Å²) in [7, 11) is 0. The summed E-state index contributed by atoms with van der Waals surface area (Å²) < 4.78 is 5.99. The van der Waals surface area contributed by atoms with Crippen molar-refractivity contribution in [2.75, 3.05) is 6.61 Å². The van der Waals surface area contributed by atoms with Crippen molar-refractivity contribution in [3.8, 4) is 0 Å². The van der Waals surface area contributed by atoms with Crippen LogP contribution in [0, 0.1) is 19.6 Å². The lowest BCUT2D eigenvalue weighted by Crippen LogP contribution is -2.17. The minimum atomic E-state index is -0.506. The Balaban J connectivity index is 2.00. The lowest BCUT2D eigenvalue weighted by atomic mass is 9.90. The third kappa shape index (κ3) is 3.91. The number of nitrogens with zero attached hydrogens (tertiary/aromatic N) is 1. The van der Waals surface area contributed by atoms with Gasteiger partial charge in [0.05, 0.1) is 17.1 Å². The maximum absolute atomic E-state index is 12.0. The van der Waals surface area contributed by atoms with E-state index in [0.717, 1.165) is 12.8 Å². The quantitative estimate of drug-likeness (QED) is 0.339. The second-order valence-corrected chi connectivity index (χ2v) is 6.19. The second kappa shape index (κ2) is 7.01. The fourth-order valence-electron chi connectivity index (χ4n) is 2.41. The van der Waals surface area contributed by atoms with Gasteiger partial charge < -0.3 is 4.74 Å². The highest BCUT2D eigenvalue weighted by Gasteiger charge is 2.19. The zero-order valence-electron chi connectivity index (χ0n) is 11.0. The van der Waals surface area contributed by atoms with E-state index in [1.54, 1.807) is 6.07 Å². The molecule has 1 aliphatic rings. The smallest absolute Gasteiger partial charge is 0.339 e. The summed E-state index contributed by atoms with van der Waals surface area (Å²) in [4.78, 5) is 22.3. The molecule has 2 rings (SSSR count). The van der Waals surface area contributed by atoms with Gasteiger partial charge in [0.15, 0.2) is 0 Å². The summed E-state index contributed by atoms with van der Waals surface area (Å²) in [6.07, 6.45) is 5.83. The number of rotatable bonds is 4. The molecular formula is C14H16INO4. The monoisotopic (exact) mass is 389 g/mol. The Morgan fingerprint density at radius 1 is 1.35 bits per heavy atom. The van der Waals surface area contributed by atoms with Gasteiger partial charge in [-0.05, 0) is 47.4 Å². The van der Waals surface area contributed by atoms with E-state index in [0.29, 0.717) is 16.1 Å². The highest BCUT2D eigenvalue weighted by Crippen LogP contribution is 2.25. The fourth-order valence-corrected chi connectivity index (χ4v) is 2.96. The van der Waals surface area contributed by atoms with Gasteiger partial charge in [-0.2, -0.15) is 0 Å². The highest BCUT2D eigenvalue weighted by molar-refractivity contribution is 14.1. The summed E-state index contributed by atoms with van der Waals surface area (Å²) in [5, 5.41) is 10.7. The van der Waals surface area contributed by atoms with Gasteiger partial charge in [-0.3, -0.25) is 10.1 Å². The normalized spacial score (nSPS) is 15.8. The topological polar surface area (TPSA) is 69.4 Å². The van der Waals surface area contributed by atoms with Gasteiger partial charge in [0.25, 0.3) is 5.69 Å². The Morgan fingerprint density at radius 3 is 2.70 bits per heavy atom. The molecule has 1 saturated carbocycles. The molecule has 0 aliphatic heterocycles. The molecule has 6 heteroatoms. The van der Waals surface area contributed by atoms with Gasteiger partial charge >= 0.3 is 5.97 Å². The Bertz CT molecular complexity index is 512. The third-order valence-electron chi connectivity index (χ3n) is 3.56. The van der Waals surface area contributed by atoms with Crippen LogP contribution in [0.2, 0.25) is 0 Å².